The number of nitrogens with zero attached hydrogens (tertiary/aromatic N) is 1. The van der Waals surface area contributed by atoms with Gasteiger partial charge in [-0.05, 0) is 31.2 Å². The highest BCUT2D eigenvalue weighted by Gasteiger charge is 2.52. The number of hydrogen-bond donors (Lipinski definition) is 0. The van der Waals surface area contributed by atoms with Crippen molar-refractivity contribution in [1.82, 2.24) is 0 Å². The highest BCUT2D eigenvalue weighted by Crippen LogP contribution is 2.35. The molecule has 0 aliphatic carbocycles. The Labute approximate surface area is 160 Å². The summed E-state index contributed by atoms with van der Waals surface area (Å²) in [7, 11) is 3.25. The molecule has 0 amide bonds. The molecule has 0 saturated heterocycles. The van der Waals surface area contributed by atoms with Gasteiger partial charge in [-0.2, -0.15) is 4.18 Å². The van der Waals surface area contributed by atoms with E-state index in [2.05, 4.69) is 5.16 Å². The van der Waals surface area contributed by atoms with E-state index in [9.17, 15) is 0 Å². The molecule has 0 radical (unpaired) electrons. The second kappa shape index (κ2) is 7.98. The number of ether oxygens (including phenoxy) is 1. The number of benzene rings is 2. The second-order valence-electron chi connectivity index (χ2n) is 5.48. The van der Waals surface area contributed by atoms with Crippen LogP contribution >= 0.6 is 23.2 Å². The van der Waals surface area contributed by atoms with Crippen molar-refractivity contribution in [3.05, 3.63) is 63.6 Å². The van der Waals surface area contributed by atoms with E-state index in [-0.39, 0.29) is 5.25 Å². The maximum atomic E-state index is 6.38. The number of hydrogen-bond acceptors (Lipinski definition) is 4. The fourth-order valence-corrected chi connectivity index (χ4v) is 5.08. The largest absolute Gasteiger partial charge is 0.357 e. The fraction of sp³-hybridized carbons (Fsp3) is 0.278. The number of rotatable bonds is 5. The van der Waals surface area contributed by atoms with Gasteiger partial charge in [0.2, 0.25) is 11.2 Å². The SMILES string of the molecule is COC1ON=C(c2c(Cl)cccc2Cl)C1[S+](OC)c1ccc(C)cc1. The van der Waals surface area contributed by atoms with Crippen LogP contribution in [0, 0.1) is 6.92 Å². The molecule has 0 bridgehead atoms. The van der Waals surface area contributed by atoms with Gasteiger partial charge in [0, 0.05) is 12.7 Å². The lowest BCUT2D eigenvalue weighted by atomic mass is 10.1. The minimum Gasteiger partial charge on any atom is -0.357 e. The molecule has 0 fully saturated rings. The average Bonchev–Trinajstić information content (AvgIpc) is 3.01. The van der Waals surface area contributed by atoms with E-state index in [0.717, 1.165) is 4.90 Å². The third kappa shape index (κ3) is 3.66. The van der Waals surface area contributed by atoms with E-state index in [0.29, 0.717) is 21.3 Å². The summed E-state index contributed by atoms with van der Waals surface area (Å²) >= 11 is 12.1. The maximum Gasteiger partial charge on any atom is 0.284 e. The summed E-state index contributed by atoms with van der Waals surface area (Å²) in [6.07, 6.45) is -0.577. The molecule has 0 spiro atoms. The Kier molecular flexibility index (Phi) is 5.92. The lowest BCUT2D eigenvalue weighted by molar-refractivity contribution is -0.101. The van der Waals surface area contributed by atoms with Crippen LogP contribution in [-0.2, 0) is 24.9 Å². The lowest BCUT2D eigenvalue weighted by Gasteiger charge is -2.17. The van der Waals surface area contributed by atoms with Crippen molar-refractivity contribution in [2.75, 3.05) is 14.2 Å². The van der Waals surface area contributed by atoms with E-state index < -0.39 is 17.5 Å². The molecule has 4 nitrogen and oxygen atoms in total. The summed E-state index contributed by atoms with van der Waals surface area (Å²) in [6, 6.07) is 13.5. The van der Waals surface area contributed by atoms with Crippen LogP contribution in [0.25, 0.3) is 0 Å². The predicted octanol–water partition coefficient (Wildman–Crippen LogP) is 4.62. The topological polar surface area (TPSA) is 40.0 Å². The number of aryl methyl sites for hydroxylation is 1. The summed E-state index contributed by atoms with van der Waals surface area (Å²) in [4.78, 5) is 6.52. The van der Waals surface area contributed by atoms with E-state index in [1.54, 1.807) is 32.4 Å². The second-order valence-corrected chi connectivity index (χ2v) is 8.20. The van der Waals surface area contributed by atoms with Gasteiger partial charge in [0.05, 0.1) is 17.2 Å². The minimum atomic E-state index is -0.654. The van der Waals surface area contributed by atoms with E-state index in [1.165, 1.54) is 5.56 Å². The first-order valence-corrected chi connectivity index (χ1v) is 9.58. The average molecular weight is 399 g/mol. The molecule has 2 aromatic carbocycles. The molecule has 1 heterocycles. The highest BCUT2D eigenvalue weighted by molar-refractivity contribution is 7.93. The Morgan fingerprint density at radius 3 is 2.24 bits per heavy atom. The minimum absolute atomic E-state index is 0.282. The van der Waals surface area contributed by atoms with Gasteiger partial charge in [0.1, 0.15) is 0 Å². The first-order valence-electron chi connectivity index (χ1n) is 7.62. The van der Waals surface area contributed by atoms with Crippen LogP contribution in [0.2, 0.25) is 10.0 Å². The molecule has 132 valence electrons. The predicted molar refractivity (Wildman–Crippen MR) is 102 cm³/mol. The molecule has 1 aliphatic heterocycles. The first kappa shape index (κ1) is 18.5. The van der Waals surface area contributed by atoms with E-state index >= 15 is 0 Å². The Hall–Kier alpha value is -1.24. The Morgan fingerprint density at radius 2 is 1.68 bits per heavy atom. The molecule has 3 rings (SSSR count). The molecule has 3 unspecified atom stereocenters. The molecule has 3 atom stereocenters. The van der Waals surface area contributed by atoms with Crippen LogP contribution in [0.4, 0.5) is 0 Å². The zero-order valence-electron chi connectivity index (χ0n) is 14.0. The Balaban J connectivity index is 2.06. The molecular weight excluding hydrogens is 381 g/mol. The normalized spacial score (nSPS) is 20.9. The van der Waals surface area contributed by atoms with Crippen molar-refractivity contribution in [1.29, 1.82) is 0 Å². The zero-order chi connectivity index (χ0) is 18.0. The van der Waals surface area contributed by atoms with Crippen molar-refractivity contribution in [3.8, 4) is 0 Å². The maximum absolute atomic E-state index is 6.38. The molecule has 0 saturated carbocycles. The van der Waals surface area contributed by atoms with Crippen LogP contribution in [0.1, 0.15) is 11.1 Å². The summed E-state index contributed by atoms with van der Waals surface area (Å²) in [5.74, 6) is 0. The summed E-state index contributed by atoms with van der Waals surface area (Å²) in [5, 5.41) is 4.97. The number of methoxy groups -OCH3 is 1. The van der Waals surface area contributed by atoms with E-state index in [1.807, 2.05) is 31.2 Å². The molecule has 25 heavy (non-hydrogen) atoms. The van der Waals surface area contributed by atoms with Crippen molar-refractivity contribution < 1.29 is 13.8 Å². The van der Waals surface area contributed by atoms with Crippen molar-refractivity contribution >= 4 is 40.1 Å². The lowest BCUT2D eigenvalue weighted by Crippen LogP contribution is -2.39. The molecule has 2 aromatic rings. The van der Waals surface area contributed by atoms with Crippen LogP contribution in [0.3, 0.4) is 0 Å². The van der Waals surface area contributed by atoms with Crippen LogP contribution < -0.4 is 0 Å². The fourth-order valence-electron chi connectivity index (χ4n) is 2.66. The van der Waals surface area contributed by atoms with Crippen LogP contribution in [0.5, 0.6) is 0 Å². The molecular formula is C18H18Cl2NO3S+. The van der Waals surface area contributed by atoms with Crippen LogP contribution in [0.15, 0.2) is 52.5 Å². The molecule has 0 aromatic heterocycles. The third-order valence-corrected chi connectivity index (χ3v) is 6.52. The van der Waals surface area contributed by atoms with Gasteiger partial charge in [-0.1, -0.05) is 52.1 Å². The first-order chi connectivity index (χ1) is 12.1. The Bertz CT molecular complexity index is 762. The van der Waals surface area contributed by atoms with E-state index in [4.69, 9.17) is 37.0 Å². The van der Waals surface area contributed by atoms with Gasteiger partial charge in [0.25, 0.3) is 11.5 Å². The van der Waals surface area contributed by atoms with Gasteiger partial charge < -0.3 is 9.57 Å². The van der Waals surface area contributed by atoms with Crippen molar-refractivity contribution in [2.24, 2.45) is 5.16 Å². The van der Waals surface area contributed by atoms with Gasteiger partial charge in [0.15, 0.2) is 10.6 Å². The summed E-state index contributed by atoms with van der Waals surface area (Å²) in [6.45, 7) is 2.04. The van der Waals surface area contributed by atoms with Crippen LogP contribution in [-0.4, -0.2) is 31.5 Å². The smallest absolute Gasteiger partial charge is 0.284 e. The molecule has 1 aliphatic rings. The van der Waals surface area contributed by atoms with Crippen molar-refractivity contribution in [2.45, 2.75) is 23.4 Å². The third-order valence-electron chi connectivity index (χ3n) is 3.89. The quantitative estimate of drug-likeness (QED) is 0.689. The highest BCUT2D eigenvalue weighted by atomic mass is 35.5. The molecule has 0 N–H and O–H groups in total. The zero-order valence-corrected chi connectivity index (χ0v) is 16.4. The standard InChI is InChI=1S/C18H18Cl2NO3S/c1-11-7-9-12(10-8-11)25(23-3)17-16(21-24-18(17)22-2)15-13(19)5-4-6-14(15)20/h4-10,17-18H,1-3H3/q+1. The summed E-state index contributed by atoms with van der Waals surface area (Å²) < 4.78 is 11.3. The van der Waals surface area contributed by atoms with Crippen molar-refractivity contribution in [3.63, 3.8) is 0 Å². The Morgan fingerprint density at radius 1 is 1.04 bits per heavy atom. The van der Waals surface area contributed by atoms with Gasteiger partial charge in [-0.15, -0.1) is 0 Å². The molecule has 7 heteroatoms. The number of halogens is 2. The van der Waals surface area contributed by atoms with Gasteiger partial charge in [-0.3, -0.25) is 0 Å². The summed E-state index contributed by atoms with van der Waals surface area (Å²) in [5.41, 5.74) is 2.46. The monoisotopic (exact) mass is 398 g/mol. The number of oxime groups is 1. The van der Waals surface area contributed by atoms with Gasteiger partial charge >= 0.3 is 0 Å². The van der Waals surface area contributed by atoms with Gasteiger partial charge in [-0.25, -0.2) is 0 Å².